The van der Waals surface area contributed by atoms with Gasteiger partial charge < -0.3 is 13.9 Å². The molecule has 1 rings (SSSR count). The molecule has 0 fully saturated rings. The molecule has 0 spiro atoms. The molecule has 0 aliphatic rings. The Bertz CT molecular complexity index is 671. The van der Waals surface area contributed by atoms with Crippen LogP contribution in [0.1, 0.15) is 25.8 Å². The molecule has 136 valence electrons. The third-order valence-electron chi connectivity index (χ3n) is 2.82. The molecular weight excluding hydrogens is 336 g/mol. The minimum absolute atomic E-state index is 0.313. The van der Waals surface area contributed by atoms with Gasteiger partial charge in [0, 0.05) is 19.4 Å². The zero-order chi connectivity index (χ0) is 19.0. The molecular formula is C19H26O5Si. The van der Waals surface area contributed by atoms with Crippen LogP contribution in [0, 0.1) is 0 Å². The summed E-state index contributed by atoms with van der Waals surface area (Å²) in [6.07, 6.45) is 3.64. The van der Waals surface area contributed by atoms with Crippen LogP contribution in [0.25, 0.3) is 6.08 Å². The monoisotopic (exact) mass is 362 g/mol. The molecule has 0 heterocycles. The minimum atomic E-state index is -1.89. The molecule has 0 N–H and O–H groups in total. The van der Waals surface area contributed by atoms with Gasteiger partial charge in [-0.25, -0.2) is 4.79 Å². The smallest absolute Gasteiger partial charge is 0.330 e. The molecule has 0 bridgehead atoms. The summed E-state index contributed by atoms with van der Waals surface area (Å²) >= 11 is 0. The van der Waals surface area contributed by atoms with E-state index in [1.165, 1.54) is 13.0 Å². The molecule has 5 nitrogen and oxygen atoms in total. The summed E-state index contributed by atoms with van der Waals surface area (Å²) in [7, 11) is -1.89. The van der Waals surface area contributed by atoms with Crippen molar-refractivity contribution in [2.24, 2.45) is 0 Å². The van der Waals surface area contributed by atoms with Crippen molar-refractivity contribution in [1.82, 2.24) is 0 Å². The zero-order valence-corrected chi connectivity index (χ0v) is 16.5. The van der Waals surface area contributed by atoms with Crippen molar-refractivity contribution in [2.75, 3.05) is 6.61 Å². The van der Waals surface area contributed by atoms with Gasteiger partial charge in [-0.15, -0.1) is 6.58 Å². The predicted molar refractivity (Wildman–Crippen MR) is 101 cm³/mol. The topological polar surface area (TPSA) is 61.8 Å². The van der Waals surface area contributed by atoms with Crippen LogP contribution in [0.5, 0.6) is 11.5 Å². The molecule has 0 atom stereocenters. The van der Waals surface area contributed by atoms with E-state index in [9.17, 15) is 9.59 Å². The van der Waals surface area contributed by atoms with E-state index in [0.29, 0.717) is 24.5 Å². The fraction of sp³-hybridized carbons (Fsp3) is 0.368. The molecule has 6 heteroatoms. The average Bonchev–Trinajstić information content (AvgIpc) is 2.45. The van der Waals surface area contributed by atoms with Gasteiger partial charge in [-0.2, -0.15) is 0 Å². The zero-order valence-electron chi connectivity index (χ0n) is 15.5. The number of hydrogen-bond donors (Lipinski definition) is 0. The third kappa shape index (κ3) is 8.90. The summed E-state index contributed by atoms with van der Waals surface area (Å²) in [6, 6.07) is 5.14. The predicted octanol–water partition coefficient (Wildman–Crippen LogP) is 4.35. The number of carbonyl (C=O) groups excluding carboxylic acids is 2. The first kappa shape index (κ1) is 20.7. The van der Waals surface area contributed by atoms with Crippen LogP contribution in [-0.2, 0) is 14.3 Å². The van der Waals surface area contributed by atoms with Crippen molar-refractivity contribution in [2.45, 2.75) is 39.9 Å². The van der Waals surface area contributed by atoms with Gasteiger partial charge in [0.25, 0.3) is 0 Å². The van der Waals surface area contributed by atoms with E-state index in [1.54, 1.807) is 24.3 Å². The summed E-state index contributed by atoms with van der Waals surface area (Å²) in [4.78, 5) is 22.9. The van der Waals surface area contributed by atoms with Crippen molar-refractivity contribution in [3.8, 4) is 11.5 Å². The average molecular weight is 362 g/mol. The lowest BCUT2D eigenvalue weighted by atomic mass is 10.2. The van der Waals surface area contributed by atoms with Crippen LogP contribution < -0.4 is 9.16 Å². The van der Waals surface area contributed by atoms with Crippen LogP contribution in [-0.4, -0.2) is 26.9 Å². The lowest BCUT2D eigenvalue weighted by Gasteiger charge is -2.21. The van der Waals surface area contributed by atoms with Crippen LogP contribution in [0.4, 0.5) is 0 Å². The Hall–Kier alpha value is -2.34. The minimum Gasteiger partial charge on any atom is -0.542 e. The second kappa shape index (κ2) is 9.22. The third-order valence-corrected chi connectivity index (χ3v) is 3.65. The molecule has 0 saturated heterocycles. The van der Waals surface area contributed by atoms with Gasteiger partial charge in [-0.1, -0.05) is 11.6 Å². The molecule has 0 saturated carbocycles. The molecule has 0 radical (unpaired) electrons. The van der Waals surface area contributed by atoms with Gasteiger partial charge in [-0.05, 0) is 50.3 Å². The molecule has 0 aliphatic heterocycles. The largest absolute Gasteiger partial charge is 0.542 e. The Morgan fingerprint density at radius 1 is 1.16 bits per heavy atom. The number of hydrogen-bond acceptors (Lipinski definition) is 5. The summed E-state index contributed by atoms with van der Waals surface area (Å²) in [5.74, 6) is 0.0334. The van der Waals surface area contributed by atoms with Gasteiger partial charge >= 0.3 is 11.9 Å². The van der Waals surface area contributed by atoms with Crippen LogP contribution >= 0.6 is 0 Å². The number of benzene rings is 1. The fourth-order valence-electron chi connectivity index (χ4n) is 1.82. The van der Waals surface area contributed by atoms with E-state index in [0.717, 1.165) is 11.1 Å². The fourth-order valence-corrected chi connectivity index (χ4v) is 2.63. The first-order chi connectivity index (χ1) is 11.6. The van der Waals surface area contributed by atoms with E-state index in [4.69, 9.17) is 13.9 Å². The van der Waals surface area contributed by atoms with Crippen molar-refractivity contribution >= 4 is 26.3 Å². The second-order valence-electron chi connectivity index (χ2n) is 6.72. The molecule has 0 amide bonds. The molecule has 1 aromatic carbocycles. The van der Waals surface area contributed by atoms with E-state index < -0.39 is 20.3 Å². The van der Waals surface area contributed by atoms with E-state index >= 15 is 0 Å². The molecule has 0 aliphatic carbocycles. The Balaban J connectivity index is 2.88. The summed E-state index contributed by atoms with van der Waals surface area (Å²) in [5.41, 5.74) is 1.71. The van der Waals surface area contributed by atoms with E-state index in [1.807, 2.05) is 26.6 Å². The van der Waals surface area contributed by atoms with Crippen molar-refractivity contribution in [3.63, 3.8) is 0 Å². The van der Waals surface area contributed by atoms with E-state index in [-0.39, 0.29) is 0 Å². The van der Waals surface area contributed by atoms with E-state index in [2.05, 4.69) is 6.58 Å². The van der Waals surface area contributed by atoms with Gasteiger partial charge in [0.1, 0.15) is 5.75 Å². The molecule has 0 unspecified atom stereocenters. The second-order valence-corrected chi connectivity index (χ2v) is 11.2. The van der Waals surface area contributed by atoms with Crippen LogP contribution in [0.2, 0.25) is 19.6 Å². The van der Waals surface area contributed by atoms with Crippen molar-refractivity contribution in [3.05, 3.63) is 42.0 Å². The summed E-state index contributed by atoms with van der Waals surface area (Å²) in [6.45, 7) is 13.4. The maximum Gasteiger partial charge on any atom is 0.330 e. The summed E-state index contributed by atoms with van der Waals surface area (Å²) in [5, 5.41) is 0. The van der Waals surface area contributed by atoms with Gasteiger partial charge in [0.05, 0.1) is 6.61 Å². The molecule has 0 aromatic heterocycles. The maximum atomic E-state index is 11.7. The normalized spacial score (nSPS) is 11.2. The SMILES string of the molecule is C=C(C)CCOC(=O)/C=C/c1ccc(OC(C)=O)c(O[Si](C)(C)C)c1. The maximum absolute atomic E-state index is 11.7. The lowest BCUT2D eigenvalue weighted by Crippen LogP contribution is -2.29. The highest BCUT2D eigenvalue weighted by Gasteiger charge is 2.19. The molecule has 25 heavy (non-hydrogen) atoms. The highest BCUT2D eigenvalue weighted by molar-refractivity contribution is 6.70. The van der Waals surface area contributed by atoms with Crippen LogP contribution in [0.3, 0.4) is 0 Å². The highest BCUT2D eigenvalue weighted by Crippen LogP contribution is 2.31. The first-order valence-corrected chi connectivity index (χ1v) is 11.5. The van der Waals surface area contributed by atoms with Gasteiger partial charge in [0.15, 0.2) is 5.75 Å². The molecule has 1 aromatic rings. The van der Waals surface area contributed by atoms with Gasteiger partial charge in [0.2, 0.25) is 8.32 Å². The number of rotatable bonds is 8. The van der Waals surface area contributed by atoms with Crippen molar-refractivity contribution < 1.29 is 23.5 Å². The lowest BCUT2D eigenvalue weighted by molar-refractivity contribution is -0.137. The standard InChI is InChI=1S/C19H26O5Si/c1-14(2)11-12-22-19(21)10-8-16-7-9-17(23-15(3)20)18(13-16)24-25(4,5)6/h7-10,13H,1,11-12H2,2-6H3/b10-8+. The Kier molecular flexibility index (Phi) is 7.64. The number of ether oxygens (including phenoxy) is 2. The summed E-state index contributed by atoms with van der Waals surface area (Å²) < 4.78 is 16.2. The first-order valence-electron chi connectivity index (χ1n) is 8.07. The Labute approximate surface area is 150 Å². The van der Waals surface area contributed by atoms with Crippen LogP contribution in [0.15, 0.2) is 36.4 Å². The Morgan fingerprint density at radius 3 is 2.40 bits per heavy atom. The van der Waals surface area contributed by atoms with Crippen molar-refractivity contribution in [1.29, 1.82) is 0 Å². The highest BCUT2D eigenvalue weighted by atomic mass is 28.4. The quantitative estimate of drug-likeness (QED) is 0.226. The Morgan fingerprint density at radius 2 is 1.84 bits per heavy atom. The number of carbonyl (C=O) groups is 2. The van der Waals surface area contributed by atoms with Gasteiger partial charge in [-0.3, -0.25) is 4.79 Å². The number of esters is 2.